The van der Waals surface area contributed by atoms with E-state index in [4.69, 9.17) is 4.74 Å². The SMILES string of the molecule is C[C@@H]1CN(Cc2cc(C(=O)Nc3cccc(C4(c5nncn5C)CC(CC#N)C4)c3)c3nccn3c2)CCO1. The highest BCUT2D eigenvalue weighted by atomic mass is 16.5. The molecule has 0 bridgehead atoms. The van der Waals surface area contributed by atoms with Gasteiger partial charge in [0, 0.05) is 57.4 Å². The van der Waals surface area contributed by atoms with Crippen LogP contribution in [0.3, 0.4) is 0 Å². The van der Waals surface area contributed by atoms with Crippen molar-refractivity contribution in [2.45, 2.75) is 44.2 Å². The van der Waals surface area contributed by atoms with Crippen molar-refractivity contribution in [1.29, 1.82) is 5.26 Å². The van der Waals surface area contributed by atoms with Crippen molar-refractivity contribution in [3.05, 3.63) is 77.8 Å². The molecule has 200 valence electrons. The predicted octanol–water partition coefficient (Wildman–Crippen LogP) is 3.55. The van der Waals surface area contributed by atoms with Gasteiger partial charge in [0.1, 0.15) is 17.8 Å². The molecule has 1 aromatic carbocycles. The standard InChI is InChI=1S/C29H32N8O2/c1-20-16-36(10-11-39-20)17-22-12-25(26-31-8-9-37(26)18-22)27(38)33-24-5-3-4-23(13-24)29(14-21(15-29)6-7-30)28-34-32-19-35(28)2/h3-5,8-9,12-13,18-21H,6,10-11,14-17H2,1-2H3,(H,33,38)/t20-,21?,29?/m1/s1. The zero-order valence-electron chi connectivity index (χ0n) is 22.2. The molecule has 0 radical (unpaired) electrons. The minimum Gasteiger partial charge on any atom is -0.376 e. The molecule has 39 heavy (non-hydrogen) atoms. The Morgan fingerprint density at radius 2 is 2.18 bits per heavy atom. The van der Waals surface area contributed by atoms with E-state index < -0.39 is 0 Å². The Bertz CT molecular complexity index is 1540. The molecule has 1 amide bonds. The van der Waals surface area contributed by atoms with E-state index in [2.05, 4.69) is 44.5 Å². The van der Waals surface area contributed by atoms with Gasteiger partial charge in [-0.2, -0.15) is 5.26 Å². The van der Waals surface area contributed by atoms with Crippen molar-refractivity contribution < 1.29 is 9.53 Å². The number of anilines is 1. The number of nitriles is 1. The van der Waals surface area contributed by atoms with E-state index in [-0.39, 0.29) is 17.4 Å². The van der Waals surface area contributed by atoms with Crippen LogP contribution in [0.1, 0.15) is 53.5 Å². The number of morpholine rings is 1. The topological polar surface area (TPSA) is 113 Å². The average molecular weight is 525 g/mol. The van der Waals surface area contributed by atoms with Crippen LogP contribution in [0.4, 0.5) is 5.69 Å². The van der Waals surface area contributed by atoms with Gasteiger partial charge >= 0.3 is 0 Å². The minimum absolute atomic E-state index is 0.196. The quantitative estimate of drug-likeness (QED) is 0.393. The lowest BCUT2D eigenvalue weighted by molar-refractivity contribution is -0.0212. The number of pyridine rings is 1. The van der Waals surface area contributed by atoms with Crippen LogP contribution in [0.25, 0.3) is 5.65 Å². The van der Waals surface area contributed by atoms with Gasteiger partial charge in [0.2, 0.25) is 0 Å². The summed E-state index contributed by atoms with van der Waals surface area (Å²) < 4.78 is 9.54. The molecule has 1 aliphatic heterocycles. The van der Waals surface area contributed by atoms with Crippen molar-refractivity contribution in [2.24, 2.45) is 13.0 Å². The summed E-state index contributed by atoms with van der Waals surface area (Å²) in [6, 6.07) is 12.2. The van der Waals surface area contributed by atoms with Crippen molar-refractivity contribution in [3.8, 4) is 6.07 Å². The third-order valence-electron chi connectivity index (χ3n) is 7.99. The van der Waals surface area contributed by atoms with Gasteiger partial charge in [0.05, 0.1) is 29.8 Å². The smallest absolute Gasteiger partial charge is 0.259 e. The van der Waals surface area contributed by atoms with Crippen molar-refractivity contribution in [2.75, 3.05) is 25.0 Å². The van der Waals surface area contributed by atoms with Gasteiger partial charge in [0.25, 0.3) is 5.91 Å². The summed E-state index contributed by atoms with van der Waals surface area (Å²) in [4.78, 5) is 20.4. The number of benzene rings is 1. The number of carbonyl (C=O) groups is 1. The summed E-state index contributed by atoms with van der Waals surface area (Å²) in [5.41, 5.74) is 3.64. The maximum atomic E-state index is 13.6. The van der Waals surface area contributed by atoms with E-state index in [1.807, 2.05) is 52.7 Å². The van der Waals surface area contributed by atoms with Crippen LogP contribution in [0.2, 0.25) is 0 Å². The molecule has 2 aliphatic rings. The number of hydrogen-bond donors (Lipinski definition) is 1. The molecule has 2 fully saturated rings. The van der Waals surface area contributed by atoms with Crippen LogP contribution in [-0.2, 0) is 23.7 Å². The third-order valence-corrected chi connectivity index (χ3v) is 7.99. The van der Waals surface area contributed by atoms with E-state index in [1.165, 1.54) is 0 Å². The van der Waals surface area contributed by atoms with E-state index >= 15 is 0 Å². The summed E-state index contributed by atoms with van der Waals surface area (Å²) in [5, 5.41) is 20.9. The van der Waals surface area contributed by atoms with Crippen LogP contribution in [-0.4, -0.2) is 60.8 Å². The van der Waals surface area contributed by atoms with Crippen LogP contribution in [0.15, 0.2) is 55.2 Å². The molecule has 4 aromatic rings. The first-order chi connectivity index (χ1) is 18.9. The van der Waals surface area contributed by atoms with E-state index in [1.54, 1.807) is 12.5 Å². The van der Waals surface area contributed by atoms with Crippen LogP contribution < -0.4 is 5.32 Å². The number of nitrogens with one attached hydrogen (secondary N) is 1. The molecule has 1 atom stereocenters. The van der Waals surface area contributed by atoms with E-state index in [0.29, 0.717) is 35.8 Å². The Kier molecular flexibility index (Phi) is 6.62. The number of ether oxygens (including phenoxy) is 1. The number of amides is 1. The fraction of sp³-hybridized carbons (Fsp3) is 0.414. The number of hydrogen-bond acceptors (Lipinski definition) is 7. The lowest BCUT2D eigenvalue weighted by Crippen LogP contribution is -2.44. The number of nitrogens with zero attached hydrogens (tertiary/aromatic N) is 7. The summed E-state index contributed by atoms with van der Waals surface area (Å²) in [6.07, 6.45) is 9.70. The second kappa shape index (κ2) is 10.2. The molecule has 6 rings (SSSR count). The Morgan fingerprint density at radius 3 is 2.95 bits per heavy atom. The second-order valence-electron chi connectivity index (χ2n) is 10.9. The summed E-state index contributed by atoms with van der Waals surface area (Å²) in [7, 11) is 1.95. The highest BCUT2D eigenvalue weighted by Crippen LogP contribution is 2.53. The first-order valence-electron chi connectivity index (χ1n) is 13.4. The fourth-order valence-corrected chi connectivity index (χ4v) is 6.19. The van der Waals surface area contributed by atoms with Gasteiger partial charge in [-0.25, -0.2) is 4.98 Å². The summed E-state index contributed by atoms with van der Waals surface area (Å²) in [5.74, 6) is 0.990. The average Bonchev–Trinajstić information content (AvgIpc) is 3.55. The second-order valence-corrected chi connectivity index (χ2v) is 10.9. The molecule has 4 heterocycles. The van der Waals surface area contributed by atoms with E-state index in [9.17, 15) is 10.1 Å². The van der Waals surface area contributed by atoms with Crippen molar-refractivity contribution >= 4 is 17.2 Å². The number of rotatable bonds is 7. The molecule has 1 saturated heterocycles. The molecule has 3 aromatic heterocycles. The Morgan fingerprint density at radius 1 is 1.31 bits per heavy atom. The molecule has 0 unspecified atom stereocenters. The zero-order chi connectivity index (χ0) is 27.0. The number of carbonyl (C=O) groups excluding carboxylic acids is 1. The highest BCUT2D eigenvalue weighted by Gasteiger charge is 2.49. The Hall–Kier alpha value is -4.07. The number of aromatic nitrogens is 5. The maximum absolute atomic E-state index is 13.6. The van der Waals surface area contributed by atoms with Gasteiger partial charge < -0.3 is 19.0 Å². The van der Waals surface area contributed by atoms with Crippen LogP contribution in [0, 0.1) is 17.2 Å². The van der Waals surface area contributed by atoms with Crippen LogP contribution >= 0.6 is 0 Å². The molecule has 10 heteroatoms. The summed E-state index contributed by atoms with van der Waals surface area (Å²) in [6.45, 7) is 5.26. The molecule has 0 spiro atoms. The van der Waals surface area contributed by atoms with Crippen LogP contribution in [0.5, 0.6) is 0 Å². The third kappa shape index (κ3) is 4.80. The maximum Gasteiger partial charge on any atom is 0.259 e. The Labute approximate surface area is 227 Å². The largest absolute Gasteiger partial charge is 0.376 e. The van der Waals surface area contributed by atoms with Gasteiger partial charge in [-0.05, 0) is 55.0 Å². The summed E-state index contributed by atoms with van der Waals surface area (Å²) >= 11 is 0. The van der Waals surface area contributed by atoms with Crippen molar-refractivity contribution in [3.63, 3.8) is 0 Å². The van der Waals surface area contributed by atoms with Gasteiger partial charge in [-0.1, -0.05) is 12.1 Å². The zero-order valence-corrected chi connectivity index (χ0v) is 22.2. The highest BCUT2D eigenvalue weighted by molar-refractivity contribution is 6.08. The predicted molar refractivity (Wildman–Crippen MR) is 145 cm³/mol. The lowest BCUT2D eigenvalue weighted by atomic mass is 9.57. The number of fused-ring (bicyclic) bond motifs is 1. The van der Waals surface area contributed by atoms with Gasteiger partial charge in [-0.15, -0.1) is 10.2 Å². The molecule has 1 aliphatic carbocycles. The molecule has 10 nitrogen and oxygen atoms in total. The monoisotopic (exact) mass is 524 g/mol. The van der Waals surface area contributed by atoms with Gasteiger partial charge in [0.15, 0.2) is 0 Å². The number of imidazole rings is 1. The fourth-order valence-electron chi connectivity index (χ4n) is 6.19. The first kappa shape index (κ1) is 25.2. The molecule has 1 N–H and O–H groups in total. The molecule has 1 saturated carbocycles. The number of aryl methyl sites for hydroxylation is 1. The molecular formula is C29H32N8O2. The van der Waals surface area contributed by atoms with Crippen molar-refractivity contribution in [1.82, 2.24) is 29.0 Å². The minimum atomic E-state index is -0.334. The first-order valence-corrected chi connectivity index (χ1v) is 13.4. The lowest BCUT2D eigenvalue weighted by Gasteiger charge is -2.46. The molecular weight excluding hydrogens is 492 g/mol. The van der Waals surface area contributed by atoms with Gasteiger partial charge in [-0.3, -0.25) is 9.69 Å². The normalized spacial score (nSPS) is 23.3. The van der Waals surface area contributed by atoms with E-state index in [0.717, 1.165) is 49.4 Å². The Balaban J connectivity index is 1.27.